The van der Waals surface area contributed by atoms with Gasteiger partial charge in [0.1, 0.15) is 0 Å². The molecule has 2 aromatic rings. The van der Waals surface area contributed by atoms with Gasteiger partial charge in [-0.3, -0.25) is 4.57 Å². The summed E-state index contributed by atoms with van der Waals surface area (Å²) in [6.45, 7) is 10.2. The lowest BCUT2D eigenvalue weighted by Crippen LogP contribution is -2.41. The summed E-state index contributed by atoms with van der Waals surface area (Å²) < 4.78 is 19.1. The van der Waals surface area contributed by atoms with Crippen LogP contribution in [0.25, 0.3) is 11.1 Å². The molecule has 0 saturated carbocycles. The van der Waals surface area contributed by atoms with Crippen molar-refractivity contribution in [1.82, 2.24) is 4.57 Å². The van der Waals surface area contributed by atoms with Crippen LogP contribution in [0.5, 0.6) is 0 Å². The van der Waals surface area contributed by atoms with Crippen molar-refractivity contribution >= 4 is 23.7 Å². The number of oxazole rings is 1. The SMILES string of the molecule is CCc1cc2oc(=O)n(C)c2cc1B1OC(C)(C)C(C)(C)O1. The molecule has 3 rings (SSSR count). The number of hydrogen-bond donors (Lipinski definition) is 0. The van der Waals surface area contributed by atoms with E-state index in [-0.39, 0.29) is 17.0 Å². The Bertz CT molecular complexity index is 771. The van der Waals surface area contributed by atoms with Gasteiger partial charge in [-0.1, -0.05) is 6.92 Å². The quantitative estimate of drug-likeness (QED) is 0.796. The first-order chi connectivity index (χ1) is 10.2. The van der Waals surface area contributed by atoms with Gasteiger partial charge in [0.15, 0.2) is 5.58 Å². The lowest BCUT2D eigenvalue weighted by atomic mass is 9.75. The minimum absolute atomic E-state index is 0.358. The van der Waals surface area contributed by atoms with Crippen molar-refractivity contribution in [2.24, 2.45) is 7.05 Å². The van der Waals surface area contributed by atoms with E-state index in [1.54, 1.807) is 7.05 Å². The zero-order valence-electron chi connectivity index (χ0n) is 14.0. The van der Waals surface area contributed by atoms with Crippen molar-refractivity contribution in [3.63, 3.8) is 0 Å². The molecule has 1 saturated heterocycles. The average Bonchev–Trinajstić information content (AvgIpc) is 2.82. The first-order valence-electron chi connectivity index (χ1n) is 7.64. The highest BCUT2D eigenvalue weighted by molar-refractivity contribution is 6.63. The molecule has 5 nitrogen and oxygen atoms in total. The summed E-state index contributed by atoms with van der Waals surface area (Å²) in [5, 5.41) is 0. The number of fused-ring (bicyclic) bond motifs is 1. The number of benzene rings is 1. The smallest absolute Gasteiger partial charge is 0.408 e. The van der Waals surface area contributed by atoms with Gasteiger partial charge < -0.3 is 13.7 Å². The third-order valence-corrected chi connectivity index (χ3v) is 4.94. The van der Waals surface area contributed by atoms with Crippen LogP contribution >= 0.6 is 0 Å². The van der Waals surface area contributed by atoms with E-state index in [1.807, 2.05) is 39.8 Å². The predicted octanol–water partition coefficient (Wildman–Crippen LogP) is 1.99. The van der Waals surface area contributed by atoms with Crippen LogP contribution in [0.4, 0.5) is 0 Å². The Kier molecular flexibility index (Phi) is 3.31. The van der Waals surface area contributed by atoms with E-state index >= 15 is 0 Å². The van der Waals surface area contributed by atoms with Crippen molar-refractivity contribution in [2.45, 2.75) is 52.2 Å². The molecule has 22 heavy (non-hydrogen) atoms. The van der Waals surface area contributed by atoms with E-state index in [9.17, 15) is 4.79 Å². The standard InChI is InChI=1S/C16H22BNO4/c1-7-10-8-13-12(18(6)14(19)20-13)9-11(10)17-21-15(2,3)16(4,5)22-17/h8-9H,7H2,1-6H3. The highest BCUT2D eigenvalue weighted by Crippen LogP contribution is 2.37. The van der Waals surface area contributed by atoms with Gasteiger partial charge in [-0.2, -0.15) is 0 Å². The second-order valence-electron chi connectivity index (χ2n) is 6.89. The normalized spacial score (nSPS) is 20.0. The number of aryl methyl sites for hydroxylation is 2. The summed E-state index contributed by atoms with van der Waals surface area (Å²) in [7, 11) is 1.27. The molecule has 0 atom stereocenters. The van der Waals surface area contributed by atoms with Crippen LogP contribution in [0.1, 0.15) is 40.2 Å². The van der Waals surface area contributed by atoms with Gasteiger partial charge in [0.05, 0.1) is 16.7 Å². The molecular weight excluding hydrogens is 281 g/mol. The fourth-order valence-corrected chi connectivity index (χ4v) is 2.73. The maximum absolute atomic E-state index is 11.7. The highest BCUT2D eigenvalue weighted by Gasteiger charge is 2.52. The van der Waals surface area contributed by atoms with E-state index in [0.29, 0.717) is 5.58 Å². The van der Waals surface area contributed by atoms with Gasteiger partial charge in [-0.25, -0.2) is 4.79 Å². The molecule has 0 unspecified atom stereocenters. The Morgan fingerprint density at radius 2 is 1.73 bits per heavy atom. The number of hydrogen-bond acceptors (Lipinski definition) is 4. The molecule has 0 amide bonds. The van der Waals surface area contributed by atoms with Crippen LogP contribution in [-0.2, 0) is 22.8 Å². The summed E-state index contributed by atoms with van der Waals surface area (Å²) in [4.78, 5) is 11.7. The van der Waals surface area contributed by atoms with E-state index < -0.39 is 7.12 Å². The fraction of sp³-hybridized carbons (Fsp3) is 0.562. The minimum Gasteiger partial charge on any atom is -0.408 e. The van der Waals surface area contributed by atoms with Crippen LogP contribution in [0, 0.1) is 0 Å². The molecular formula is C16H22BNO4. The predicted molar refractivity (Wildman–Crippen MR) is 86.5 cm³/mol. The average molecular weight is 303 g/mol. The Morgan fingerprint density at radius 1 is 1.14 bits per heavy atom. The largest absolute Gasteiger partial charge is 0.495 e. The zero-order chi connectivity index (χ0) is 16.3. The molecule has 6 heteroatoms. The van der Waals surface area contributed by atoms with Crippen LogP contribution in [-0.4, -0.2) is 22.9 Å². The molecule has 0 N–H and O–H groups in total. The van der Waals surface area contributed by atoms with E-state index in [1.165, 1.54) is 4.57 Å². The monoisotopic (exact) mass is 303 g/mol. The van der Waals surface area contributed by atoms with Crippen molar-refractivity contribution in [3.8, 4) is 0 Å². The second kappa shape index (κ2) is 4.73. The summed E-state index contributed by atoms with van der Waals surface area (Å²) in [5.41, 5.74) is 2.61. The lowest BCUT2D eigenvalue weighted by Gasteiger charge is -2.32. The molecule has 0 spiro atoms. The fourth-order valence-electron chi connectivity index (χ4n) is 2.73. The second-order valence-corrected chi connectivity index (χ2v) is 6.89. The molecule has 1 aliphatic rings. The van der Waals surface area contributed by atoms with Crippen molar-refractivity contribution in [3.05, 3.63) is 28.2 Å². The number of aromatic nitrogens is 1. The molecule has 0 bridgehead atoms. The molecule has 0 radical (unpaired) electrons. The van der Waals surface area contributed by atoms with Gasteiger partial charge in [-0.05, 0) is 57.3 Å². The molecule has 1 aliphatic heterocycles. The van der Waals surface area contributed by atoms with Gasteiger partial charge >= 0.3 is 12.9 Å². The topological polar surface area (TPSA) is 53.6 Å². The first-order valence-corrected chi connectivity index (χ1v) is 7.64. The lowest BCUT2D eigenvalue weighted by molar-refractivity contribution is 0.00578. The maximum atomic E-state index is 11.7. The summed E-state index contributed by atoms with van der Waals surface area (Å²) in [6, 6.07) is 3.86. The summed E-state index contributed by atoms with van der Waals surface area (Å²) in [5.74, 6) is -0.358. The van der Waals surface area contributed by atoms with Gasteiger partial charge in [0, 0.05) is 7.05 Å². The van der Waals surface area contributed by atoms with Crippen molar-refractivity contribution < 1.29 is 13.7 Å². The van der Waals surface area contributed by atoms with E-state index in [0.717, 1.165) is 23.0 Å². The number of rotatable bonds is 2. The Morgan fingerprint density at radius 3 is 2.27 bits per heavy atom. The van der Waals surface area contributed by atoms with Crippen LogP contribution < -0.4 is 11.2 Å². The van der Waals surface area contributed by atoms with Crippen LogP contribution in [0.15, 0.2) is 21.3 Å². The zero-order valence-corrected chi connectivity index (χ0v) is 14.0. The minimum atomic E-state index is -0.436. The molecule has 0 aliphatic carbocycles. The van der Waals surface area contributed by atoms with E-state index in [2.05, 4.69) is 6.92 Å². The Hall–Kier alpha value is -1.53. The Labute approximate surface area is 130 Å². The summed E-state index contributed by atoms with van der Waals surface area (Å²) >= 11 is 0. The van der Waals surface area contributed by atoms with Crippen LogP contribution in [0.3, 0.4) is 0 Å². The molecule has 2 heterocycles. The first kappa shape index (κ1) is 15.4. The summed E-state index contributed by atoms with van der Waals surface area (Å²) in [6.07, 6.45) is 0.813. The van der Waals surface area contributed by atoms with Crippen molar-refractivity contribution in [2.75, 3.05) is 0 Å². The van der Waals surface area contributed by atoms with Gasteiger partial charge in [0.25, 0.3) is 0 Å². The molecule has 1 aromatic carbocycles. The number of nitrogens with zero attached hydrogens (tertiary/aromatic N) is 1. The van der Waals surface area contributed by atoms with E-state index in [4.69, 9.17) is 13.7 Å². The Balaban J connectivity index is 2.14. The molecule has 118 valence electrons. The van der Waals surface area contributed by atoms with Gasteiger partial charge in [0.2, 0.25) is 0 Å². The molecule has 1 aromatic heterocycles. The third-order valence-electron chi connectivity index (χ3n) is 4.94. The van der Waals surface area contributed by atoms with Crippen molar-refractivity contribution in [1.29, 1.82) is 0 Å². The van der Waals surface area contributed by atoms with Gasteiger partial charge in [-0.15, -0.1) is 0 Å². The highest BCUT2D eigenvalue weighted by atomic mass is 16.7. The molecule has 1 fully saturated rings. The third kappa shape index (κ3) is 2.13. The maximum Gasteiger partial charge on any atom is 0.495 e. The van der Waals surface area contributed by atoms with Crippen LogP contribution in [0.2, 0.25) is 0 Å².